The first-order valence-corrected chi connectivity index (χ1v) is 8.87. The van der Waals surface area contributed by atoms with Gasteiger partial charge in [0.1, 0.15) is 0 Å². The van der Waals surface area contributed by atoms with Crippen LogP contribution in [0.15, 0.2) is 71.8 Å². The lowest BCUT2D eigenvalue weighted by atomic mass is 10.1. The highest BCUT2D eigenvalue weighted by atomic mass is 32.2. The van der Waals surface area contributed by atoms with Crippen LogP contribution in [0.5, 0.6) is 0 Å². The van der Waals surface area contributed by atoms with Gasteiger partial charge in [0.25, 0.3) is 0 Å². The Hall–Kier alpha value is -2.11. The maximum absolute atomic E-state index is 12.0. The molecule has 1 N–H and O–H groups in total. The van der Waals surface area contributed by atoms with Crippen molar-refractivity contribution in [1.29, 1.82) is 0 Å². The van der Waals surface area contributed by atoms with E-state index in [1.165, 1.54) is 7.05 Å². The van der Waals surface area contributed by atoms with Crippen molar-refractivity contribution in [2.24, 2.45) is 0 Å². The first kappa shape index (κ1) is 17.2. The lowest BCUT2D eigenvalue weighted by Gasteiger charge is -2.21. The molecule has 5 heteroatoms. The molecule has 23 heavy (non-hydrogen) atoms. The zero-order chi connectivity index (χ0) is 17.0. The van der Waals surface area contributed by atoms with Crippen LogP contribution in [0, 0.1) is 0 Å². The van der Waals surface area contributed by atoms with Gasteiger partial charge in [-0.25, -0.2) is 13.1 Å². The molecule has 1 aliphatic rings. The van der Waals surface area contributed by atoms with Gasteiger partial charge in [-0.05, 0) is 49.7 Å². The van der Waals surface area contributed by atoms with E-state index in [4.69, 9.17) is 0 Å². The molecule has 122 valence electrons. The number of allylic oxidation sites excluding steroid dienone is 6. The molecule has 0 saturated carbocycles. The highest BCUT2D eigenvalue weighted by Crippen LogP contribution is 2.33. The summed E-state index contributed by atoms with van der Waals surface area (Å²) in [6.07, 6.45) is 8.30. The summed E-state index contributed by atoms with van der Waals surface area (Å²) in [4.78, 5) is 2.40. The Kier molecular flexibility index (Phi) is 5.23. The number of nitrogens with one attached hydrogen (secondary N) is 1. The van der Waals surface area contributed by atoms with Crippen molar-refractivity contribution in [3.63, 3.8) is 0 Å². The monoisotopic (exact) mass is 330 g/mol. The minimum Gasteiger partial charge on any atom is -0.345 e. The number of fused-ring (bicyclic) bond motifs is 1. The fourth-order valence-electron chi connectivity index (χ4n) is 2.60. The third-order valence-corrected chi connectivity index (χ3v) is 5.21. The summed E-state index contributed by atoms with van der Waals surface area (Å²) in [7, 11) is -2.02. The maximum atomic E-state index is 12.0. The van der Waals surface area contributed by atoms with Crippen LogP contribution < -0.4 is 9.62 Å². The molecule has 1 aromatic rings. The fourth-order valence-corrected chi connectivity index (χ4v) is 3.35. The second kappa shape index (κ2) is 6.98. The fraction of sp³-hybridized carbons (Fsp3) is 0.222. The second-order valence-electron chi connectivity index (χ2n) is 5.36. The average molecular weight is 330 g/mol. The zero-order valence-corrected chi connectivity index (χ0v) is 14.4. The van der Waals surface area contributed by atoms with Crippen molar-refractivity contribution in [3.8, 4) is 0 Å². The van der Waals surface area contributed by atoms with Crippen LogP contribution in [0.2, 0.25) is 0 Å². The largest absolute Gasteiger partial charge is 0.345 e. The van der Waals surface area contributed by atoms with Gasteiger partial charge in [0.2, 0.25) is 10.0 Å². The van der Waals surface area contributed by atoms with E-state index in [9.17, 15) is 8.42 Å². The van der Waals surface area contributed by atoms with E-state index in [-0.39, 0.29) is 4.90 Å². The number of nitrogens with zero attached hydrogens (tertiary/aromatic N) is 1. The molecule has 2 rings (SSSR count). The van der Waals surface area contributed by atoms with Crippen molar-refractivity contribution >= 4 is 15.7 Å². The maximum Gasteiger partial charge on any atom is 0.240 e. The molecule has 0 amide bonds. The van der Waals surface area contributed by atoms with Gasteiger partial charge in [0.05, 0.1) is 4.90 Å². The summed E-state index contributed by atoms with van der Waals surface area (Å²) in [6, 6.07) is 5.27. The van der Waals surface area contributed by atoms with Crippen molar-refractivity contribution < 1.29 is 8.42 Å². The number of hydrogen-bond donors (Lipinski definition) is 1. The summed E-state index contributed by atoms with van der Waals surface area (Å²) in [5.74, 6) is 0. The number of benzene rings is 1. The third kappa shape index (κ3) is 3.81. The highest BCUT2D eigenvalue weighted by molar-refractivity contribution is 7.89. The predicted molar refractivity (Wildman–Crippen MR) is 96.0 cm³/mol. The molecule has 0 radical (unpaired) electrons. The van der Waals surface area contributed by atoms with E-state index in [1.54, 1.807) is 18.2 Å². The first-order valence-electron chi connectivity index (χ1n) is 7.39. The SMILES string of the molecule is C=CC=CC(=C)C=C(C)N1CCc2ccc(S(=O)(=O)NC)cc21. The quantitative estimate of drug-likeness (QED) is 0.815. The van der Waals surface area contributed by atoms with E-state index < -0.39 is 10.0 Å². The third-order valence-electron chi connectivity index (χ3n) is 3.80. The smallest absolute Gasteiger partial charge is 0.240 e. The Bertz CT molecular complexity index is 789. The first-order chi connectivity index (χ1) is 10.9. The van der Waals surface area contributed by atoms with E-state index >= 15 is 0 Å². The number of sulfonamides is 1. The number of hydrogen-bond acceptors (Lipinski definition) is 3. The van der Waals surface area contributed by atoms with Crippen LogP contribution >= 0.6 is 0 Å². The van der Waals surface area contributed by atoms with Gasteiger partial charge >= 0.3 is 0 Å². The van der Waals surface area contributed by atoms with Crippen LogP contribution in [0.3, 0.4) is 0 Å². The van der Waals surface area contributed by atoms with Gasteiger partial charge < -0.3 is 4.90 Å². The van der Waals surface area contributed by atoms with Crippen LogP contribution in [0.4, 0.5) is 5.69 Å². The standard InChI is InChI=1S/C18H22N2O2S/c1-5-6-7-14(2)12-15(3)20-11-10-16-8-9-17(13-18(16)20)23(21,22)19-4/h5-9,12-13,19H,1-2,10-11H2,3-4H3. The molecule has 0 spiro atoms. The van der Waals surface area contributed by atoms with Gasteiger partial charge in [-0.1, -0.05) is 37.5 Å². The zero-order valence-electron chi connectivity index (χ0n) is 13.5. The van der Waals surface area contributed by atoms with Gasteiger partial charge in [0, 0.05) is 17.9 Å². The number of anilines is 1. The van der Waals surface area contributed by atoms with Crippen molar-refractivity contribution in [2.75, 3.05) is 18.5 Å². The van der Waals surface area contributed by atoms with E-state index in [0.717, 1.165) is 35.5 Å². The Morgan fingerprint density at radius 1 is 1.39 bits per heavy atom. The Morgan fingerprint density at radius 3 is 2.78 bits per heavy atom. The van der Waals surface area contributed by atoms with Crippen LogP contribution in [0.25, 0.3) is 0 Å². The minimum atomic E-state index is -3.44. The van der Waals surface area contributed by atoms with Crippen LogP contribution in [0.1, 0.15) is 12.5 Å². The molecule has 0 unspecified atom stereocenters. The molecular formula is C18H22N2O2S. The Morgan fingerprint density at radius 2 is 2.13 bits per heavy atom. The molecule has 4 nitrogen and oxygen atoms in total. The molecule has 0 aromatic heterocycles. The summed E-state index contributed by atoms with van der Waals surface area (Å²) < 4.78 is 26.3. The lowest BCUT2D eigenvalue weighted by Crippen LogP contribution is -2.20. The van der Waals surface area contributed by atoms with Crippen LogP contribution in [-0.4, -0.2) is 22.0 Å². The van der Waals surface area contributed by atoms with Crippen molar-refractivity contribution in [3.05, 3.63) is 72.5 Å². The Labute approximate surface area is 138 Å². The number of rotatable bonds is 6. The highest BCUT2D eigenvalue weighted by Gasteiger charge is 2.23. The topological polar surface area (TPSA) is 49.4 Å². The van der Waals surface area contributed by atoms with Gasteiger partial charge in [-0.15, -0.1) is 0 Å². The summed E-state index contributed by atoms with van der Waals surface area (Å²) in [5.41, 5.74) is 3.99. The molecule has 0 atom stereocenters. The predicted octanol–water partition coefficient (Wildman–Crippen LogP) is 3.16. The second-order valence-corrected chi connectivity index (χ2v) is 7.24. The summed E-state index contributed by atoms with van der Waals surface area (Å²) >= 11 is 0. The van der Waals surface area contributed by atoms with E-state index in [1.807, 2.05) is 31.2 Å². The van der Waals surface area contributed by atoms with E-state index in [2.05, 4.69) is 22.8 Å². The van der Waals surface area contributed by atoms with Crippen molar-refractivity contribution in [1.82, 2.24) is 4.72 Å². The van der Waals surface area contributed by atoms with Crippen LogP contribution in [-0.2, 0) is 16.4 Å². The normalized spacial score (nSPS) is 15.0. The van der Waals surface area contributed by atoms with Gasteiger partial charge in [-0.3, -0.25) is 0 Å². The molecule has 0 bridgehead atoms. The lowest BCUT2D eigenvalue weighted by molar-refractivity contribution is 0.588. The molecule has 0 saturated heterocycles. The molecule has 1 aliphatic heterocycles. The van der Waals surface area contributed by atoms with Crippen molar-refractivity contribution in [2.45, 2.75) is 18.2 Å². The average Bonchev–Trinajstić information content (AvgIpc) is 2.96. The Balaban J connectivity index is 2.35. The molecule has 1 aromatic carbocycles. The molecular weight excluding hydrogens is 308 g/mol. The van der Waals surface area contributed by atoms with E-state index in [0.29, 0.717) is 0 Å². The minimum absolute atomic E-state index is 0.281. The van der Waals surface area contributed by atoms with Gasteiger partial charge in [0.15, 0.2) is 0 Å². The molecule has 0 aliphatic carbocycles. The molecule has 1 heterocycles. The summed E-state index contributed by atoms with van der Waals surface area (Å²) in [6.45, 7) is 10.5. The summed E-state index contributed by atoms with van der Waals surface area (Å²) in [5, 5.41) is 0. The molecule has 0 fully saturated rings. The van der Waals surface area contributed by atoms with Gasteiger partial charge in [-0.2, -0.15) is 0 Å².